The zero-order valence-electron chi connectivity index (χ0n) is 16.6. The predicted molar refractivity (Wildman–Crippen MR) is 113 cm³/mol. The average molecular weight is 386 g/mol. The van der Waals surface area contributed by atoms with Crippen LogP contribution in [-0.4, -0.2) is 51.9 Å². The minimum absolute atomic E-state index is 0.186. The van der Waals surface area contributed by atoms with Crippen LogP contribution >= 0.6 is 0 Å². The first kappa shape index (κ1) is 18.3. The van der Waals surface area contributed by atoms with Crippen molar-refractivity contribution in [3.8, 4) is 0 Å². The van der Waals surface area contributed by atoms with Crippen LogP contribution in [0.25, 0.3) is 11.0 Å². The summed E-state index contributed by atoms with van der Waals surface area (Å²) in [5, 5.41) is 0. The molecule has 5 heteroatoms. The predicted octanol–water partition coefficient (Wildman–Crippen LogP) is 3.78. The summed E-state index contributed by atoms with van der Waals surface area (Å²) in [6, 6.07) is 18.6. The molecule has 1 aromatic heterocycles. The van der Waals surface area contributed by atoms with E-state index < -0.39 is 0 Å². The van der Waals surface area contributed by atoms with Gasteiger partial charge >= 0.3 is 0 Å². The Balaban J connectivity index is 1.25. The summed E-state index contributed by atoms with van der Waals surface area (Å²) in [5.74, 6) is 0.536. The zero-order valence-corrected chi connectivity index (χ0v) is 16.6. The van der Waals surface area contributed by atoms with Gasteiger partial charge in [0.05, 0.1) is 16.7 Å². The molecule has 1 amide bonds. The Bertz CT molecular complexity index is 994. The summed E-state index contributed by atoms with van der Waals surface area (Å²) >= 11 is 0. The van der Waals surface area contributed by atoms with E-state index in [2.05, 4.69) is 34.1 Å². The van der Waals surface area contributed by atoms with Crippen molar-refractivity contribution in [3.63, 3.8) is 0 Å². The maximum Gasteiger partial charge on any atom is 0.224 e. The standard InChI is InChI=1S/C24H26N4O/c29-24(14-23(27-12-6-7-13-27)18-8-2-1-3-9-18)28-16-19(17-28)22-15-25-20-10-4-5-11-21(20)26-22/h1-5,8-11,15,19,23H,6-7,12-14,16-17H2. The number of likely N-dealkylation sites (tertiary alicyclic amines) is 2. The fourth-order valence-electron chi connectivity index (χ4n) is 4.52. The topological polar surface area (TPSA) is 49.3 Å². The van der Waals surface area contributed by atoms with Crippen LogP contribution in [0.1, 0.15) is 42.5 Å². The van der Waals surface area contributed by atoms with Gasteiger partial charge in [-0.05, 0) is 43.6 Å². The molecule has 2 aliphatic rings. The minimum Gasteiger partial charge on any atom is -0.341 e. The molecule has 0 radical (unpaired) electrons. The monoisotopic (exact) mass is 386 g/mol. The Kier molecular flexibility index (Phi) is 4.98. The van der Waals surface area contributed by atoms with E-state index in [1.807, 2.05) is 41.4 Å². The van der Waals surface area contributed by atoms with E-state index >= 15 is 0 Å². The van der Waals surface area contributed by atoms with Crippen LogP contribution < -0.4 is 0 Å². The first-order chi connectivity index (χ1) is 14.3. The molecule has 5 rings (SSSR count). The number of fused-ring (bicyclic) bond motifs is 1. The fraction of sp³-hybridized carbons (Fsp3) is 0.375. The highest BCUT2D eigenvalue weighted by Gasteiger charge is 2.35. The van der Waals surface area contributed by atoms with E-state index in [1.165, 1.54) is 18.4 Å². The molecule has 2 fully saturated rings. The summed E-state index contributed by atoms with van der Waals surface area (Å²) in [7, 11) is 0. The second kappa shape index (κ2) is 7.91. The minimum atomic E-state index is 0.186. The Morgan fingerprint density at radius 1 is 0.966 bits per heavy atom. The number of carbonyl (C=O) groups excluding carboxylic acids is 1. The largest absolute Gasteiger partial charge is 0.341 e. The normalized spacial score (nSPS) is 18.7. The number of aromatic nitrogens is 2. The molecule has 0 bridgehead atoms. The second-order valence-corrected chi connectivity index (χ2v) is 8.15. The maximum atomic E-state index is 13.0. The lowest BCUT2D eigenvalue weighted by atomic mass is 9.94. The van der Waals surface area contributed by atoms with Crippen LogP contribution in [0, 0.1) is 0 Å². The third kappa shape index (κ3) is 3.75. The van der Waals surface area contributed by atoms with Gasteiger partial charge in [-0.25, -0.2) is 4.98 Å². The lowest BCUT2D eigenvalue weighted by Crippen LogP contribution is -2.49. The number of amides is 1. The van der Waals surface area contributed by atoms with Crippen molar-refractivity contribution in [1.29, 1.82) is 0 Å². The van der Waals surface area contributed by atoms with Crippen LogP contribution in [0.2, 0.25) is 0 Å². The Hall–Kier alpha value is -2.79. The maximum absolute atomic E-state index is 13.0. The van der Waals surface area contributed by atoms with Crippen LogP contribution in [0.3, 0.4) is 0 Å². The molecule has 148 valence electrons. The third-order valence-corrected chi connectivity index (χ3v) is 6.25. The molecule has 0 aliphatic carbocycles. The molecular formula is C24H26N4O. The van der Waals surface area contributed by atoms with Gasteiger partial charge in [0, 0.05) is 37.7 Å². The second-order valence-electron chi connectivity index (χ2n) is 8.15. The van der Waals surface area contributed by atoms with Gasteiger partial charge in [-0.1, -0.05) is 42.5 Å². The molecule has 0 N–H and O–H groups in total. The molecule has 2 saturated heterocycles. The molecule has 0 saturated carbocycles. The molecule has 5 nitrogen and oxygen atoms in total. The highest BCUT2D eigenvalue weighted by molar-refractivity contribution is 5.78. The molecule has 0 spiro atoms. The van der Waals surface area contributed by atoms with E-state index in [1.54, 1.807) is 0 Å². The lowest BCUT2D eigenvalue weighted by molar-refractivity contribution is -0.137. The van der Waals surface area contributed by atoms with Gasteiger partial charge in [0.25, 0.3) is 0 Å². The number of benzene rings is 2. The average Bonchev–Trinajstić information content (AvgIpc) is 3.26. The first-order valence-corrected chi connectivity index (χ1v) is 10.6. The van der Waals surface area contributed by atoms with E-state index in [-0.39, 0.29) is 17.9 Å². The number of rotatable bonds is 5. The highest BCUT2D eigenvalue weighted by atomic mass is 16.2. The molecule has 2 aliphatic heterocycles. The summed E-state index contributed by atoms with van der Waals surface area (Å²) in [4.78, 5) is 26.7. The first-order valence-electron chi connectivity index (χ1n) is 10.6. The Labute approximate surface area is 171 Å². The third-order valence-electron chi connectivity index (χ3n) is 6.25. The smallest absolute Gasteiger partial charge is 0.224 e. The molecule has 1 atom stereocenters. The van der Waals surface area contributed by atoms with Gasteiger partial charge in [0.2, 0.25) is 5.91 Å². The molecule has 3 aromatic rings. The van der Waals surface area contributed by atoms with Crippen molar-refractivity contribution in [2.24, 2.45) is 0 Å². The summed E-state index contributed by atoms with van der Waals surface area (Å²) in [6.07, 6.45) is 4.87. The van der Waals surface area contributed by atoms with Crippen LogP contribution in [-0.2, 0) is 4.79 Å². The van der Waals surface area contributed by atoms with Crippen LogP contribution in [0.4, 0.5) is 0 Å². The molecule has 29 heavy (non-hydrogen) atoms. The van der Waals surface area contributed by atoms with Gasteiger partial charge in [-0.15, -0.1) is 0 Å². The van der Waals surface area contributed by atoms with E-state index in [0.717, 1.165) is 42.9 Å². The van der Waals surface area contributed by atoms with Crippen molar-refractivity contribution in [3.05, 3.63) is 72.1 Å². The van der Waals surface area contributed by atoms with Crippen molar-refractivity contribution in [1.82, 2.24) is 19.8 Å². The number of para-hydroxylation sites is 2. The highest BCUT2D eigenvalue weighted by Crippen LogP contribution is 2.32. The van der Waals surface area contributed by atoms with Crippen molar-refractivity contribution in [2.75, 3.05) is 26.2 Å². The molecule has 1 unspecified atom stereocenters. The zero-order chi connectivity index (χ0) is 19.6. The van der Waals surface area contributed by atoms with Gasteiger partial charge in [-0.2, -0.15) is 0 Å². The van der Waals surface area contributed by atoms with Gasteiger partial charge < -0.3 is 4.90 Å². The fourth-order valence-corrected chi connectivity index (χ4v) is 4.52. The summed E-state index contributed by atoms with van der Waals surface area (Å²) in [5.41, 5.74) is 4.08. The SMILES string of the molecule is O=C(CC(c1ccccc1)N1CCCC1)N1CC(c2cnc3ccccc3n2)C1. The molecule has 2 aromatic carbocycles. The summed E-state index contributed by atoms with van der Waals surface area (Å²) in [6.45, 7) is 3.66. The van der Waals surface area contributed by atoms with Gasteiger partial charge in [0.1, 0.15) is 0 Å². The van der Waals surface area contributed by atoms with Crippen molar-refractivity contribution < 1.29 is 4.79 Å². The van der Waals surface area contributed by atoms with Gasteiger partial charge in [-0.3, -0.25) is 14.7 Å². The van der Waals surface area contributed by atoms with E-state index in [9.17, 15) is 4.79 Å². The van der Waals surface area contributed by atoms with Gasteiger partial charge in [0.15, 0.2) is 0 Å². The van der Waals surface area contributed by atoms with Crippen LogP contribution in [0.15, 0.2) is 60.8 Å². The Morgan fingerprint density at radius 3 is 2.41 bits per heavy atom. The lowest BCUT2D eigenvalue weighted by Gasteiger charge is -2.40. The number of carbonyl (C=O) groups is 1. The Morgan fingerprint density at radius 2 is 1.66 bits per heavy atom. The quantitative estimate of drug-likeness (QED) is 0.670. The molecule has 3 heterocycles. The van der Waals surface area contributed by atoms with Crippen molar-refractivity contribution in [2.45, 2.75) is 31.2 Å². The number of hydrogen-bond donors (Lipinski definition) is 0. The number of hydrogen-bond acceptors (Lipinski definition) is 4. The van der Waals surface area contributed by atoms with E-state index in [4.69, 9.17) is 4.98 Å². The van der Waals surface area contributed by atoms with Crippen LogP contribution in [0.5, 0.6) is 0 Å². The summed E-state index contributed by atoms with van der Waals surface area (Å²) < 4.78 is 0. The number of nitrogens with zero attached hydrogens (tertiary/aromatic N) is 4. The molecular weight excluding hydrogens is 360 g/mol. The van der Waals surface area contributed by atoms with Crippen molar-refractivity contribution >= 4 is 16.9 Å². The van der Waals surface area contributed by atoms with E-state index in [0.29, 0.717) is 6.42 Å².